The van der Waals surface area contributed by atoms with Crippen molar-refractivity contribution in [2.24, 2.45) is 34.5 Å². The van der Waals surface area contributed by atoms with Gasteiger partial charge in [-0.3, -0.25) is 9.59 Å². The van der Waals surface area contributed by atoms with E-state index in [0.29, 0.717) is 19.4 Å². The summed E-state index contributed by atoms with van der Waals surface area (Å²) < 4.78 is 10.9. The van der Waals surface area contributed by atoms with Crippen molar-refractivity contribution in [3.63, 3.8) is 0 Å². The Labute approximate surface area is 215 Å². The lowest BCUT2D eigenvalue weighted by Crippen LogP contribution is -2.60. The molecule has 0 aliphatic heterocycles. The SMILES string of the molecule is COC(CN(C(=O)C1CC1)C(C)C1CC[C@@]2(O)C3=CC(=O)C4CC(O)CCC4(C)C3CC[C@]12C)OC. The molecule has 0 heterocycles. The summed E-state index contributed by atoms with van der Waals surface area (Å²) in [5, 5.41) is 22.7. The lowest BCUT2D eigenvalue weighted by molar-refractivity contribution is -0.158. The largest absolute Gasteiger partial charge is 0.393 e. The molecule has 1 amide bonds. The lowest BCUT2D eigenvalue weighted by Gasteiger charge is -2.60. The smallest absolute Gasteiger partial charge is 0.226 e. The molecule has 8 atom stereocenters. The molecular weight excluding hydrogens is 458 g/mol. The van der Waals surface area contributed by atoms with E-state index < -0.39 is 23.4 Å². The summed E-state index contributed by atoms with van der Waals surface area (Å²) in [6.07, 6.45) is 8.02. The first-order chi connectivity index (χ1) is 17.0. The average Bonchev–Trinajstić information content (AvgIpc) is 3.65. The van der Waals surface area contributed by atoms with Crippen LogP contribution in [-0.2, 0) is 19.1 Å². The van der Waals surface area contributed by atoms with E-state index in [1.54, 1.807) is 20.3 Å². The Morgan fingerprint density at radius 1 is 1.08 bits per heavy atom. The fraction of sp³-hybridized carbons (Fsp3) is 0.862. The molecule has 0 bridgehead atoms. The zero-order valence-corrected chi connectivity index (χ0v) is 22.7. The van der Waals surface area contributed by atoms with E-state index in [-0.39, 0.29) is 46.8 Å². The van der Waals surface area contributed by atoms with Gasteiger partial charge in [0.1, 0.15) is 0 Å². The van der Waals surface area contributed by atoms with E-state index in [9.17, 15) is 19.8 Å². The van der Waals surface area contributed by atoms with Gasteiger partial charge in [0, 0.05) is 37.5 Å². The van der Waals surface area contributed by atoms with Crippen molar-refractivity contribution in [1.82, 2.24) is 4.90 Å². The topological polar surface area (TPSA) is 96.3 Å². The Hall–Kier alpha value is -1.28. The molecule has 7 nitrogen and oxygen atoms in total. The second-order valence-electron chi connectivity index (χ2n) is 12.9. The van der Waals surface area contributed by atoms with Crippen LogP contribution in [0.25, 0.3) is 0 Å². The molecule has 0 aromatic heterocycles. The zero-order chi connectivity index (χ0) is 26.0. The molecule has 0 spiro atoms. The fourth-order valence-corrected chi connectivity index (χ4v) is 8.78. The van der Waals surface area contributed by atoms with Gasteiger partial charge in [-0.2, -0.15) is 0 Å². The third kappa shape index (κ3) is 3.83. The summed E-state index contributed by atoms with van der Waals surface area (Å²) in [5.41, 5.74) is -0.758. The number of ether oxygens (including phenoxy) is 2. The third-order valence-electron chi connectivity index (χ3n) is 11.3. The highest BCUT2D eigenvalue weighted by molar-refractivity contribution is 5.95. The van der Waals surface area contributed by atoms with Crippen LogP contribution in [0.4, 0.5) is 0 Å². The molecule has 0 aromatic carbocycles. The maximum Gasteiger partial charge on any atom is 0.226 e. The van der Waals surface area contributed by atoms with Crippen LogP contribution in [0.2, 0.25) is 0 Å². The van der Waals surface area contributed by atoms with Crippen LogP contribution in [0.3, 0.4) is 0 Å². The molecule has 4 fully saturated rings. The Morgan fingerprint density at radius 2 is 1.78 bits per heavy atom. The molecule has 36 heavy (non-hydrogen) atoms. The Balaban J connectivity index is 1.46. The molecule has 2 N–H and O–H groups in total. The predicted molar refractivity (Wildman–Crippen MR) is 135 cm³/mol. The number of fused-ring (bicyclic) bond motifs is 5. The summed E-state index contributed by atoms with van der Waals surface area (Å²) in [5.74, 6) is 0.432. The number of hydrogen-bond acceptors (Lipinski definition) is 6. The number of amides is 1. The van der Waals surface area contributed by atoms with Gasteiger partial charge in [-0.25, -0.2) is 0 Å². The highest BCUT2D eigenvalue weighted by atomic mass is 16.7. The molecule has 0 saturated heterocycles. The molecule has 7 heteroatoms. The van der Waals surface area contributed by atoms with E-state index >= 15 is 0 Å². The summed E-state index contributed by atoms with van der Waals surface area (Å²) in [4.78, 5) is 28.7. The van der Waals surface area contributed by atoms with Crippen molar-refractivity contribution in [3.05, 3.63) is 11.6 Å². The number of ketones is 1. The van der Waals surface area contributed by atoms with Crippen LogP contribution >= 0.6 is 0 Å². The number of methoxy groups -OCH3 is 2. The molecule has 4 saturated carbocycles. The summed E-state index contributed by atoms with van der Waals surface area (Å²) in [6.45, 7) is 6.90. The van der Waals surface area contributed by atoms with E-state index in [2.05, 4.69) is 20.8 Å². The predicted octanol–water partition coefficient (Wildman–Crippen LogP) is 3.47. The van der Waals surface area contributed by atoms with Crippen LogP contribution in [-0.4, -0.2) is 71.6 Å². The van der Waals surface area contributed by atoms with E-state index in [0.717, 1.165) is 50.5 Å². The minimum absolute atomic E-state index is 0.0743. The van der Waals surface area contributed by atoms with Gasteiger partial charge in [-0.1, -0.05) is 13.8 Å². The van der Waals surface area contributed by atoms with Crippen molar-refractivity contribution in [2.75, 3.05) is 20.8 Å². The summed E-state index contributed by atoms with van der Waals surface area (Å²) >= 11 is 0. The first kappa shape index (κ1) is 26.3. The average molecular weight is 504 g/mol. The number of carbonyl (C=O) groups is 2. The summed E-state index contributed by atoms with van der Waals surface area (Å²) in [7, 11) is 3.19. The molecule has 6 unspecified atom stereocenters. The van der Waals surface area contributed by atoms with Gasteiger partial charge < -0.3 is 24.6 Å². The van der Waals surface area contributed by atoms with Gasteiger partial charge in [0.25, 0.3) is 0 Å². The van der Waals surface area contributed by atoms with Gasteiger partial charge in [0.2, 0.25) is 5.91 Å². The van der Waals surface area contributed by atoms with Crippen LogP contribution in [0, 0.1) is 34.5 Å². The number of carbonyl (C=O) groups excluding carboxylic acids is 2. The maximum atomic E-state index is 13.4. The van der Waals surface area contributed by atoms with Crippen molar-refractivity contribution in [1.29, 1.82) is 0 Å². The van der Waals surface area contributed by atoms with Gasteiger partial charge in [0.15, 0.2) is 12.1 Å². The normalized spacial score (nSPS) is 42.9. The lowest BCUT2D eigenvalue weighted by atomic mass is 9.46. The highest BCUT2D eigenvalue weighted by Gasteiger charge is 2.67. The highest BCUT2D eigenvalue weighted by Crippen LogP contribution is 2.67. The van der Waals surface area contributed by atoms with Crippen LogP contribution in [0.15, 0.2) is 11.6 Å². The van der Waals surface area contributed by atoms with Crippen molar-refractivity contribution in [2.45, 2.75) is 103 Å². The number of rotatable bonds is 7. The number of nitrogens with zero attached hydrogens (tertiary/aromatic N) is 1. The fourth-order valence-electron chi connectivity index (χ4n) is 8.78. The summed E-state index contributed by atoms with van der Waals surface area (Å²) in [6, 6.07) is -0.0745. The van der Waals surface area contributed by atoms with Crippen molar-refractivity contribution >= 4 is 11.7 Å². The molecular formula is C29H45NO6. The number of aliphatic hydroxyl groups is 2. The quantitative estimate of drug-likeness (QED) is 0.517. The van der Waals surface area contributed by atoms with E-state index in [4.69, 9.17) is 9.47 Å². The monoisotopic (exact) mass is 503 g/mol. The zero-order valence-electron chi connectivity index (χ0n) is 22.7. The first-order valence-corrected chi connectivity index (χ1v) is 14.0. The number of hydrogen-bond donors (Lipinski definition) is 2. The number of aliphatic hydroxyl groups excluding tert-OH is 1. The second-order valence-corrected chi connectivity index (χ2v) is 12.9. The maximum absolute atomic E-state index is 13.4. The minimum Gasteiger partial charge on any atom is -0.393 e. The molecule has 0 aromatic rings. The van der Waals surface area contributed by atoms with Crippen LogP contribution in [0.1, 0.15) is 78.6 Å². The number of allylic oxidation sites excluding steroid dienone is 1. The van der Waals surface area contributed by atoms with Gasteiger partial charge in [-0.15, -0.1) is 0 Å². The van der Waals surface area contributed by atoms with Gasteiger partial charge in [-0.05, 0) is 93.6 Å². The second kappa shape index (κ2) is 9.18. The van der Waals surface area contributed by atoms with Crippen LogP contribution in [0.5, 0.6) is 0 Å². The first-order valence-electron chi connectivity index (χ1n) is 14.0. The van der Waals surface area contributed by atoms with Gasteiger partial charge in [0.05, 0.1) is 18.2 Å². The Morgan fingerprint density at radius 3 is 2.42 bits per heavy atom. The molecule has 202 valence electrons. The Kier molecular flexibility index (Phi) is 6.71. The van der Waals surface area contributed by atoms with Crippen molar-refractivity contribution < 1.29 is 29.3 Å². The molecule has 5 aliphatic rings. The standard InChI is InChI=1S/C29H45NO6/c1-17(30(16-25(35-4)36-5)26(33)18-6-7-18)20-10-13-29(34)22-15-24(32)23-14-19(31)8-11-27(23,2)21(22)9-12-28(20,29)3/h15,17-21,23,25,31,34H,6-14,16H2,1-5H3/t17?,19?,20?,21?,23?,27?,28-,29-/m1/s1. The van der Waals surface area contributed by atoms with E-state index in [1.807, 2.05) is 4.90 Å². The van der Waals surface area contributed by atoms with Gasteiger partial charge >= 0.3 is 0 Å². The molecule has 5 aliphatic carbocycles. The van der Waals surface area contributed by atoms with Crippen LogP contribution < -0.4 is 0 Å². The minimum atomic E-state index is -1.05. The Bertz CT molecular complexity index is 927. The molecule has 0 radical (unpaired) electrons. The van der Waals surface area contributed by atoms with E-state index in [1.165, 1.54) is 0 Å². The third-order valence-corrected chi connectivity index (χ3v) is 11.3. The van der Waals surface area contributed by atoms with Crippen molar-refractivity contribution in [3.8, 4) is 0 Å². The molecule has 5 rings (SSSR count).